The van der Waals surface area contributed by atoms with Crippen LogP contribution in [0.25, 0.3) is 0 Å². The lowest BCUT2D eigenvalue weighted by Gasteiger charge is -2.29. The summed E-state index contributed by atoms with van der Waals surface area (Å²) in [6.07, 6.45) is 7.93. The van der Waals surface area contributed by atoms with Gasteiger partial charge in [-0.25, -0.2) is 8.42 Å². The SMILES string of the molecule is CCCCCCc1ccc(S(=O)(=O)N2CCC(C)CC2)cc1. The minimum absolute atomic E-state index is 0.444. The van der Waals surface area contributed by atoms with Crippen molar-refractivity contribution >= 4 is 10.0 Å². The second-order valence-electron chi connectivity index (χ2n) is 6.54. The lowest BCUT2D eigenvalue weighted by Crippen LogP contribution is -2.37. The number of rotatable bonds is 7. The predicted molar refractivity (Wildman–Crippen MR) is 91.4 cm³/mol. The predicted octanol–water partition coefficient (Wildman–Crippen LogP) is 4.23. The molecule has 22 heavy (non-hydrogen) atoms. The average molecular weight is 324 g/mol. The van der Waals surface area contributed by atoms with E-state index < -0.39 is 10.0 Å². The van der Waals surface area contributed by atoms with Crippen LogP contribution in [0, 0.1) is 5.92 Å². The van der Waals surface area contributed by atoms with Crippen molar-refractivity contribution in [1.29, 1.82) is 0 Å². The van der Waals surface area contributed by atoms with E-state index in [0.717, 1.165) is 19.3 Å². The summed E-state index contributed by atoms with van der Waals surface area (Å²) < 4.78 is 26.9. The smallest absolute Gasteiger partial charge is 0.207 e. The van der Waals surface area contributed by atoms with Gasteiger partial charge in [0.1, 0.15) is 0 Å². The summed E-state index contributed by atoms with van der Waals surface area (Å²) in [6, 6.07) is 7.52. The monoisotopic (exact) mass is 323 g/mol. The minimum Gasteiger partial charge on any atom is -0.207 e. The third-order valence-electron chi connectivity index (χ3n) is 4.62. The molecule has 0 aromatic heterocycles. The number of benzene rings is 1. The normalized spacial score (nSPS) is 17.7. The Balaban J connectivity index is 1.96. The lowest BCUT2D eigenvalue weighted by molar-refractivity contribution is 0.288. The summed E-state index contributed by atoms with van der Waals surface area (Å²) in [5, 5.41) is 0. The van der Waals surface area contributed by atoms with Gasteiger partial charge < -0.3 is 0 Å². The van der Waals surface area contributed by atoms with Gasteiger partial charge in [-0.2, -0.15) is 4.31 Å². The Morgan fingerprint density at radius 1 is 1.05 bits per heavy atom. The molecular formula is C18H29NO2S. The summed E-state index contributed by atoms with van der Waals surface area (Å²) in [6.45, 7) is 5.71. The van der Waals surface area contributed by atoms with Gasteiger partial charge >= 0.3 is 0 Å². The zero-order valence-corrected chi connectivity index (χ0v) is 14.7. The van der Waals surface area contributed by atoms with Gasteiger partial charge in [-0.05, 0) is 49.3 Å². The molecule has 0 aliphatic carbocycles. The second kappa shape index (κ2) is 8.11. The first-order chi connectivity index (χ1) is 10.5. The molecule has 1 saturated heterocycles. The Kier molecular flexibility index (Phi) is 6.45. The number of unbranched alkanes of at least 4 members (excludes halogenated alkanes) is 3. The zero-order valence-electron chi connectivity index (χ0n) is 13.9. The van der Waals surface area contributed by atoms with Crippen molar-refractivity contribution in [3.05, 3.63) is 29.8 Å². The molecule has 0 saturated carbocycles. The van der Waals surface area contributed by atoms with Crippen LogP contribution in [0.4, 0.5) is 0 Å². The highest BCUT2D eigenvalue weighted by Gasteiger charge is 2.27. The molecule has 1 aromatic rings. The van der Waals surface area contributed by atoms with E-state index in [9.17, 15) is 8.42 Å². The van der Waals surface area contributed by atoms with E-state index in [0.29, 0.717) is 23.9 Å². The molecule has 0 atom stereocenters. The molecular weight excluding hydrogens is 294 g/mol. The third kappa shape index (κ3) is 4.56. The summed E-state index contributed by atoms with van der Waals surface area (Å²) in [5.74, 6) is 0.636. The van der Waals surface area contributed by atoms with Gasteiger partial charge in [-0.1, -0.05) is 45.2 Å². The van der Waals surface area contributed by atoms with E-state index in [4.69, 9.17) is 0 Å². The van der Waals surface area contributed by atoms with Crippen molar-refractivity contribution in [3.8, 4) is 0 Å². The van der Waals surface area contributed by atoms with E-state index in [-0.39, 0.29) is 0 Å². The Hall–Kier alpha value is -0.870. The molecule has 0 spiro atoms. The molecule has 0 radical (unpaired) electrons. The first-order valence-corrected chi connectivity index (χ1v) is 10.1. The number of hydrogen-bond donors (Lipinski definition) is 0. The molecule has 124 valence electrons. The highest BCUT2D eigenvalue weighted by Crippen LogP contribution is 2.23. The molecule has 4 heteroatoms. The number of nitrogens with zero attached hydrogens (tertiary/aromatic N) is 1. The van der Waals surface area contributed by atoms with E-state index in [1.54, 1.807) is 16.4 Å². The maximum absolute atomic E-state index is 12.6. The quantitative estimate of drug-likeness (QED) is 0.704. The van der Waals surface area contributed by atoms with Crippen LogP contribution in [-0.2, 0) is 16.4 Å². The van der Waals surface area contributed by atoms with Crippen LogP contribution in [0.15, 0.2) is 29.2 Å². The lowest BCUT2D eigenvalue weighted by atomic mass is 10.0. The summed E-state index contributed by atoms with van der Waals surface area (Å²) >= 11 is 0. The molecule has 0 N–H and O–H groups in total. The van der Waals surface area contributed by atoms with Crippen LogP contribution < -0.4 is 0 Å². The van der Waals surface area contributed by atoms with Crippen LogP contribution >= 0.6 is 0 Å². The molecule has 2 rings (SSSR count). The van der Waals surface area contributed by atoms with Crippen molar-refractivity contribution in [2.24, 2.45) is 5.92 Å². The van der Waals surface area contributed by atoms with Crippen molar-refractivity contribution in [2.45, 2.75) is 63.7 Å². The molecule has 0 unspecified atom stereocenters. The molecule has 1 aliphatic heterocycles. The maximum atomic E-state index is 12.6. The molecule has 1 heterocycles. The van der Waals surface area contributed by atoms with Crippen LogP contribution in [0.1, 0.15) is 57.9 Å². The van der Waals surface area contributed by atoms with Gasteiger partial charge in [-0.15, -0.1) is 0 Å². The Morgan fingerprint density at radius 2 is 1.68 bits per heavy atom. The van der Waals surface area contributed by atoms with Crippen molar-refractivity contribution in [3.63, 3.8) is 0 Å². The number of piperidine rings is 1. The first kappa shape index (κ1) is 17.5. The fraction of sp³-hybridized carbons (Fsp3) is 0.667. The molecule has 0 amide bonds. The van der Waals surface area contributed by atoms with E-state index in [1.807, 2.05) is 12.1 Å². The van der Waals surface area contributed by atoms with Crippen molar-refractivity contribution in [2.75, 3.05) is 13.1 Å². The Bertz CT molecular complexity index is 543. The maximum Gasteiger partial charge on any atom is 0.243 e. The number of hydrogen-bond acceptors (Lipinski definition) is 2. The Labute approximate surface area is 135 Å². The zero-order chi connectivity index (χ0) is 16.0. The molecule has 3 nitrogen and oxygen atoms in total. The van der Waals surface area contributed by atoms with Gasteiger partial charge in [0.05, 0.1) is 4.90 Å². The standard InChI is InChI=1S/C18H29NO2S/c1-3-4-5-6-7-17-8-10-18(11-9-17)22(20,21)19-14-12-16(2)13-15-19/h8-11,16H,3-7,12-15H2,1-2H3. The van der Waals surface area contributed by atoms with E-state index in [1.165, 1.54) is 31.2 Å². The van der Waals surface area contributed by atoms with E-state index in [2.05, 4.69) is 13.8 Å². The van der Waals surface area contributed by atoms with Crippen LogP contribution in [0.5, 0.6) is 0 Å². The fourth-order valence-electron chi connectivity index (χ4n) is 2.96. The highest BCUT2D eigenvalue weighted by molar-refractivity contribution is 7.89. The second-order valence-corrected chi connectivity index (χ2v) is 8.48. The van der Waals surface area contributed by atoms with Crippen molar-refractivity contribution in [1.82, 2.24) is 4.31 Å². The van der Waals surface area contributed by atoms with Crippen LogP contribution in [-0.4, -0.2) is 25.8 Å². The summed E-state index contributed by atoms with van der Waals surface area (Å²) in [7, 11) is -3.30. The molecule has 1 fully saturated rings. The number of aryl methyl sites for hydroxylation is 1. The summed E-state index contributed by atoms with van der Waals surface area (Å²) in [5.41, 5.74) is 1.24. The first-order valence-electron chi connectivity index (χ1n) is 8.63. The number of sulfonamides is 1. The average Bonchev–Trinajstić information content (AvgIpc) is 2.52. The van der Waals surface area contributed by atoms with Crippen LogP contribution in [0.2, 0.25) is 0 Å². The minimum atomic E-state index is -3.30. The summed E-state index contributed by atoms with van der Waals surface area (Å²) in [4.78, 5) is 0.444. The topological polar surface area (TPSA) is 37.4 Å². The van der Waals surface area contributed by atoms with Gasteiger partial charge in [0.25, 0.3) is 0 Å². The largest absolute Gasteiger partial charge is 0.243 e. The van der Waals surface area contributed by atoms with Gasteiger partial charge in [0.15, 0.2) is 0 Å². The molecule has 1 aliphatic rings. The highest BCUT2D eigenvalue weighted by atomic mass is 32.2. The van der Waals surface area contributed by atoms with E-state index >= 15 is 0 Å². The van der Waals surface area contributed by atoms with Gasteiger partial charge in [-0.3, -0.25) is 0 Å². The fourth-order valence-corrected chi connectivity index (χ4v) is 4.43. The Morgan fingerprint density at radius 3 is 2.27 bits per heavy atom. The van der Waals surface area contributed by atoms with Crippen LogP contribution in [0.3, 0.4) is 0 Å². The van der Waals surface area contributed by atoms with Gasteiger partial charge in [0.2, 0.25) is 10.0 Å². The molecule has 0 bridgehead atoms. The van der Waals surface area contributed by atoms with Gasteiger partial charge in [0, 0.05) is 13.1 Å². The molecule has 1 aromatic carbocycles. The van der Waals surface area contributed by atoms with Crippen molar-refractivity contribution < 1.29 is 8.42 Å². The third-order valence-corrected chi connectivity index (χ3v) is 6.54.